The number of allylic oxidation sites excluding steroid dienone is 5. The van der Waals surface area contributed by atoms with E-state index in [2.05, 4.69) is 4.99 Å². The minimum absolute atomic E-state index is 0.0127. The number of nitrogens with zero attached hydrogens (tertiary/aromatic N) is 1. The molecule has 1 aliphatic carbocycles. The molecule has 0 spiro atoms. The van der Waals surface area contributed by atoms with Gasteiger partial charge in [0.05, 0.1) is 0 Å². The lowest BCUT2D eigenvalue weighted by Crippen LogP contribution is -2.00. The van der Waals surface area contributed by atoms with Gasteiger partial charge in [0.15, 0.2) is 5.76 Å². The summed E-state index contributed by atoms with van der Waals surface area (Å²) < 4.78 is 0. The molecule has 0 amide bonds. The van der Waals surface area contributed by atoms with Crippen LogP contribution in [0, 0.1) is 0 Å². The first-order valence-electron chi connectivity index (χ1n) is 3.99. The summed E-state index contributed by atoms with van der Waals surface area (Å²) in [6.07, 6.45) is 8.86. The molecule has 0 atom stereocenters. The lowest BCUT2D eigenvalue weighted by molar-refractivity contribution is 0.326. The number of hydrogen-bond donors (Lipinski definition) is 2. The fourth-order valence-electron chi connectivity index (χ4n) is 1.31. The lowest BCUT2D eigenvalue weighted by Gasteiger charge is -2.13. The normalized spacial score (nSPS) is 20.6. The van der Waals surface area contributed by atoms with Gasteiger partial charge in [0, 0.05) is 18.8 Å². The molecule has 0 fully saturated rings. The van der Waals surface area contributed by atoms with Gasteiger partial charge in [-0.2, -0.15) is 0 Å². The van der Waals surface area contributed by atoms with E-state index in [0.717, 1.165) is 11.1 Å². The highest BCUT2D eigenvalue weighted by atomic mass is 16.3. The Morgan fingerprint density at radius 1 is 1.31 bits per heavy atom. The van der Waals surface area contributed by atoms with E-state index in [4.69, 9.17) is 0 Å². The number of aliphatic imine (C=N–C) groups is 1. The Hall–Kier alpha value is -1.77. The molecule has 0 aromatic heterocycles. The minimum atomic E-state index is -0.0568. The summed E-state index contributed by atoms with van der Waals surface area (Å²) in [6, 6.07) is 0. The van der Waals surface area contributed by atoms with Crippen molar-refractivity contribution in [3.8, 4) is 0 Å². The summed E-state index contributed by atoms with van der Waals surface area (Å²) in [5, 5.41) is 18.5. The topological polar surface area (TPSA) is 52.8 Å². The maximum absolute atomic E-state index is 9.28. The quantitative estimate of drug-likeness (QED) is 0.592. The molecule has 3 heteroatoms. The van der Waals surface area contributed by atoms with Crippen LogP contribution in [0.1, 0.15) is 6.42 Å². The van der Waals surface area contributed by atoms with E-state index in [0.29, 0.717) is 6.42 Å². The average molecular weight is 175 g/mol. The SMILES string of the molecule is OC1=C(O)CC2=CC=NC=CC2=C1. The van der Waals surface area contributed by atoms with E-state index in [1.165, 1.54) is 6.08 Å². The number of aliphatic hydroxyl groups excluding tert-OH is 2. The van der Waals surface area contributed by atoms with Crippen LogP contribution in [-0.4, -0.2) is 16.4 Å². The van der Waals surface area contributed by atoms with Crippen LogP contribution >= 0.6 is 0 Å². The summed E-state index contributed by atoms with van der Waals surface area (Å²) in [5.74, 6) is -0.0441. The second kappa shape index (κ2) is 2.94. The van der Waals surface area contributed by atoms with Gasteiger partial charge in [0.2, 0.25) is 0 Å². The zero-order valence-electron chi connectivity index (χ0n) is 6.94. The minimum Gasteiger partial charge on any atom is -0.508 e. The smallest absolute Gasteiger partial charge is 0.153 e. The number of rotatable bonds is 0. The second-order valence-electron chi connectivity index (χ2n) is 2.91. The van der Waals surface area contributed by atoms with Gasteiger partial charge in [-0.3, -0.25) is 4.99 Å². The number of aliphatic hydroxyl groups is 2. The molecule has 3 nitrogen and oxygen atoms in total. The molecule has 0 saturated heterocycles. The molecule has 0 bridgehead atoms. The predicted molar refractivity (Wildman–Crippen MR) is 50.7 cm³/mol. The molecule has 0 aromatic rings. The monoisotopic (exact) mass is 175 g/mol. The molecular formula is C10H9NO2. The molecule has 0 unspecified atom stereocenters. The van der Waals surface area contributed by atoms with Crippen molar-refractivity contribution < 1.29 is 10.2 Å². The molecule has 1 aliphatic heterocycles. The fourth-order valence-corrected chi connectivity index (χ4v) is 1.31. The van der Waals surface area contributed by atoms with Crippen LogP contribution in [0.3, 0.4) is 0 Å². The van der Waals surface area contributed by atoms with Crippen LogP contribution in [0.15, 0.2) is 52.1 Å². The van der Waals surface area contributed by atoms with Crippen molar-refractivity contribution in [2.24, 2.45) is 4.99 Å². The summed E-state index contributed by atoms with van der Waals surface area (Å²) in [5.41, 5.74) is 1.86. The lowest BCUT2D eigenvalue weighted by atomic mass is 9.96. The van der Waals surface area contributed by atoms with E-state index < -0.39 is 0 Å². The predicted octanol–water partition coefficient (Wildman–Crippen LogP) is 2.17. The Kier molecular flexibility index (Phi) is 1.77. The van der Waals surface area contributed by atoms with Gasteiger partial charge in [-0.05, 0) is 29.4 Å². The molecule has 2 N–H and O–H groups in total. The molecule has 0 radical (unpaired) electrons. The van der Waals surface area contributed by atoms with Crippen molar-refractivity contribution in [2.75, 3.05) is 0 Å². The Balaban J connectivity index is 2.47. The highest BCUT2D eigenvalue weighted by Gasteiger charge is 2.15. The highest BCUT2D eigenvalue weighted by Crippen LogP contribution is 2.27. The van der Waals surface area contributed by atoms with E-state index in [1.807, 2.05) is 6.08 Å². The Labute approximate surface area is 75.7 Å². The van der Waals surface area contributed by atoms with Crippen LogP contribution in [0.5, 0.6) is 0 Å². The molecule has 66 valence electrons. The van der Waals surface area contributed by atoms with Crippen molar-refractivity contribution >= 4 is 6.21 Å². The van der Waals surface area contributed by atoms with Gasteiger partial charge < -0.3 is 10.2 Å². The number of hydrogen-bond acceptors (Lipinski definition) is 3. The Morgan fingerprint density at radius 3 is 3.00 bits per heavy atom. The highest BCUT2D eigenvalue weighted by molar-refractivity contribution is 5.76. The first-order valence-corrected chi connectivity index (χ1v) is 3.99. The first kappa shape index (κ1) is 7.86. The van der Waals surface area contributed by atoms with Crippen molar-refractivity contribution in [1.82, 2.24) is 0 Å². The molecule has 2 aliphatic rings. The van der Waals surface area contributed by atoms with Crippen LogP contribution in [0.25, 0.3) is 0 Å². The van der Waals surface area contributed by atoms with Gasteiger partial charge in [-0.1, -0.05) is 0 Å². The molecule has 0 saturated carbocycles. The maximum Gasteiger partial charge on any atom is 0.153 e. The van der Waals surface area contributed by atoms with Crippen LogP contribution in [0.2, 0.25) is 0 Å². The fraction of sp³-hybridized carbons (Fsp3) is 0.100. The zero-order valence-corrected chi connectivity index (χ0v) is 6.94. The van der Waals surface area contributed by atoms with E-state index >= 15 is 0 Å². The van der Waals surface area contributed by atoms with Crippen molar-refractivity contribution in [1.29, 1.82) is 0 Å². The first-order chi connectivity index (χ1) is 6.27. The van der Waals surface area contributed by atoms with Crippen LogP contribution < -0.4 is 0 Å². The standard InChI is InChI=1S/C10H9NO2/c12-9-5-7-1-3-11-4-2-8(7)6-10(9)13/h1-5,12-13H,6H2. The largest absolute Gasteiger partial charge is 0.508 e. The molecule has 1 heterocycles. The maximum atomic E-state index is 9.28. The van der Waals surface area contributed by atoms with Crippen molar-refractivity contribution in [2.45, 2.75) is 6.42 Å². The third-order valence-corrected chi connectivity index (χ3v) is 2.02. The van der Waals surface area contributed by atoms with Crippen LogP contribution in [-0.2, 0) is 0 Å². The summed E-state index contributed by atoms with van der Waals surface area (Å²) in [7, 11) is 0. The zero-order chi connectivity index (χ0) is 9.26. The summed E-state index contributed by atoms with van der Waals surface area (Å²) >= 11 is 0. The average Bonchev–Trinajstić information content (AvgIpc) is 2.31. The molecule has 13 heavy (non-hydrogen) atoms. The second-order valence-corrected chi connectivity index (χ2v) is 2.91. The van der Waals surface area contributed by atoms with Gasteiger partial charge in [0.1, 0.15) is 5.76 Å². The van der Waals surface area contributed by atoms with E-state index in [-0.39, 0.29) is 11.5 Å². The summed E-state index contributed by atoms with van der Waals surface area (Å²) in [4.78, 5) is 3.94. The number of fused-ring (bicyclic) bond motifs is 1. The van der Waals surface area contributed by atoms with Crippen molar-refractivity contribution in [3.05, 3.63) is 47.1 Å². The third-order valence-electron chi connectivity index (χ3n) is 2.02. The van der Waals surface area contributed by atoms with E-state index in [9.17, 15) is 10.2 Å². The van der Waals surface area contributed by atoms with E-state index in [1.54, 1.807) is 18.5 Å². The van der Waals surface area contributed by atoms with Gasteiger partial charge in [-0.25, -0.2) is 0 Å². The van der Waals surface area contributed by atoms with Gasteiger partial charge in [-0.15, -0.1) is 0 Å². The molecule has 0 aromatic carbocycles. The molecular weight excluding hydrogens is 166 g/mol. The Bertz CT molecular complexity index is 384. The van der Waals surface area contributed by atoms with Crippen molar-refractivity contribution in [3.63, 3.8) is 0 Å². The van der Waals surface area contributed by atoms with Crippen LogP contribution in [0.4, 0.5) is 0 Å². The third kappa shape index (κ3) is 1.40. The summed E-state index contributed by atoms with van der Waals surface area (Å²) in [6.45, 7) is 0. The Morgan fingerprint density at radius 2 is 2.15 bits per heavy atom. The van der Waals surface area contributed by atoms with Gasteiger partial charge in [0.25, 0.3) is 0 Å². The van der Waals surface area contributed by atoms with Gasteiger partial charge >= 0.3 is 0 Å². The molecule has 2 rings (SSSR count).